The molecule has 2 amide bonds. The molecule has 1 rings (SSSR count). The molecule has 8 heteroatoms. The lowest BCUT2D eigenvalue weighted by Crippen LogP contribution is -2.50. The number of nitrogens with two attached hydrogens (primary N) is 2. The number of nitrogens with zero attached hydrogens (tertiary/aromatic N) is 4. The van der Waals surface area contributed by atoms with Crippen LogP contribution in [0.25, 0.3) is 0 Å². The van der Waals surface area contributed by atoms with Gasteiger partial charge in [-0.05, 0) is 0 Å². The lowest BCUT2D eigenvalue weighted by atomic mass is 10.2. The number of carbonyl (C=O) groups excluding carboxylic acids is 2. The van der Waals surface area contributed by atoms with Crippen LogP contribution >= 0.6 is 0 Å². The molecule has 1 aliphatic heterocycles. The molecule has 0 aromatic carbocycles. The predicted octanol–water partition coefficient (Wildman–Crippen LogP) is -1.70. The SMILES string of the molecule is CC(=O)N(/C=C(/C#N)C(=O)N1CCN(CCN)CC1)CCN. The first-order valence-electron chi connectivity index (χ1n) is 7.34. The van der Waals surface area contributed by atoms with Crippen LogP contribution in [0.3, 0.4) is 0 Å². The number of carbonyl (C=O) groups is 2. The van der Waals surface area contributed by atoms with Crippen LogP contribution in [-0.2, 0) is 9.59 Å². The molecule has 0 bridgehead atoms. The maximum absolute atomic E-state index is 12.4. The Labute approximate surface area is 130 Å². The van der Waals surface area contributed by atoms with E-state index in [9.17, 15) is 14.9 Å². The van der Waals surface area contributed by atoms with Gasteiger partial charge < -0.3 is 21.3 Å². The van der Waals surface area contributed by atoms with Crippen LogP contribution in [0.15, 0.2) is 11.8 Å². The topological polar surface area (TPSA) is 120 Å². The lowest BCUT2D eigenvalue weighted by molar-refractivity contribution is -0.128. The highest BCUT2D eigenvalue weighted by Crippen LogP contribution is 2.08. The Morgan fingerprint density at radius 1 is 1.23 bits per heavy atom. The molecule has 1 saturated heterocycles. The van der Waals surface area contributed by atoms with Gasteiger partial charge in [-0.25, -0.2) is 0 Å². The second-order valence-electron chi connectivity index (χ2n) is 5.08. The molecule has 1 heterocycles. The molecule has 22 heavy (non-hydrogen) atoms. The Hall–Kier alpha value is -1.95. The highest BCUT2D eigenvalue weighted by Gasteiger charge is 2.24. The van der Waals surface area contributed by atoms with Gasteiger partial charge in [-0.2, -0.15) is 5.26 Å². The third-order valence-corrected chi connectivity index (χ3v) is 3.52. The van der Waals surface area contributed by atoms with E-state index in [1.54, 1.807) is 4.90 Å². The van der Waals surface area contributed by atoms with Crippen molar-refractivity contribution in [1.29, 1.82) is 5.26 Å². The summed E-state index contributed by atoms with van der Waals surface area (Å²) in [5.74, 6) is -0.600. The van der Waals surface area contributed by atoms with Crippen LogP contribution in [0.2, 0.25) is 0 Å². The van der Waals surface area contributed by atoms with E-state index in [4.69, 9.17) is 11.5 Å². The van der Waals surface area contributed by atoms with Gasteiger partial charge in [0, 0.05) is 65.5 Å². The molecule has 0 saturated carbocycles. The van der Waals surface area contributed by atoms with Crippen LogP contribution in [-0.4, -0.2) is 78.9 Å². The summed E-state index contributed by atoms with van der Waals surface area (Å²) in [6.07, 6.45) is 1.30. The molecule has 0 spiro atoms. The fraction of sp³-hybridized carbons (Fsp3) is 0.643. The summed E-state index contributed by atoms with van der Waals surface area (Å²) in [6.45, 7) is 5.88. The molecule has 0 unspecified atom stereocenters. The summed E-state index contributed by atoms with van der Waals surface area (Å²) < 4.78 is 0. The number of piperazine rings is 1. The van der Waals surface area contributed by atoms with Gasteiger partial charge in [0.2, 0.25) is 5.91 Å². The smallest absolute Gasteiger partial charge is 0.266 e. The van der Waals surface area contributed by atoms with Crippen molar-refractivity contribution in [3.05, 3.63) is 11.8 Å². The maximum atomic E-state index is 12.4. The van der Waals surface area contributed by atoms with E-state index in [-0.39, 0.29) is 30.5 Å². The number of rotatable bonds is 6. The summed E-state index contributed by atoms with van der Waals surface area (Å²) in [6, 6.07) is 1.88. The van der Waals surface area contributed by atoms with Crippen LogP contribution < -0.4 is 11.5 Å². The zero-order valence-electron chi connectivity index (χ0n) is 13.0. The van der Waals surface area contributed by atoms with E-state index in [0.717, 1.165) is 19.6 Å². The minimum atomic E-state index is -0.349. The van der Waals surface area contributed by atoms with Crippen molar-refractivity contribution in [1.82, 2.24) is 14.7 Å². The summed E-state index contributed by atoms with van der Waals surface area (Å²) in [5.41, 5.74) is 10.9. The van der Waals surface area contributed by atoms with Gasteiger partial charge in [-0.1, -0.05) is 0 Å². The van der Waals surface area contributed by atoms with E-state index in [0.29, 0.717) is 19.6 Å². The summed E-state index contributed by atoms with van der Waals surface area (Å²) in [7, 11) is 0. The van der Waals surface area contributed by atoms with Crippen molar-refractivity contribution in [3.8, 4) is 6.07 Å². The van der Waals surface area contributed by atoms with Gasteiger partial charge in [-0.3, -0.25) is 14.5 Å². The minimum Gasteiger partial charge on any atom is -0.335 e. The van der Waals surface area contributed by atoms with Crippen LogP contribution in [0.1, 0.15) is 6.92 Å². The van der Waals surface area contributed by atoms with Crippen molar-refractivity contribution < 1.29 is 9.59 Å². The normalized spacial score (nSPS) is 16.3. The first-order chi connectivity index (χ1) is 10.5. The second kappa shape index (κ2) is 9.15. The number of amides is 2. The largest absolute Gasteiger partial charge is 0.335 e. The van der Waals surface area contributed by atoms with E-state index < -0.39 is 0 Å². The molecule has 0 aliphatic carbocycles. The average molecular weight is 308 g/mol. The van der Waals surface area contributed by atoms with Gasteiger partial charge >= 0.3 is 0 Å². The van der Waals surface area contributed by atoms with Crippen molar-refractivity contribution in [2.45, 2.75) is 6.92 Å². The Kier molecular flexibility index (Phi) is 7.52. The molecule has 0 aromatic rings. The summed E-state index contributed by atoms with van der Waals surface area (Å²) >= 11 is 0. The molecule has 4 N–H and O–H groups in total. The molecule has 0 aromatic heterocycles. The van der Waals surface area contributed by atoms with Gasteiger partial charge in [0.25, 0.3) is 5.91 Å². The molecule has 0 atom stereocenters. The molecule has 1 aliphatic rings. The highest BCUT2D eigenvalue weighted by molar-refractivity contribution is 5.97. The first-order valence-corrected chi connectivity index (χ1v) is 7.34. The standard InChI is InChI=1S/C14H24N6O2/c1-12(21)20(5-3-16)11-13(10-17)14(22)19-8-6-18(4-2-15)7-9-19/h11H,2-9,15-16H2,1H3/b13-11-. The maximum Gasteiger partial charge on any atom is 0.266 e. The molecular weight excluding hydrogens is 284 g/mol. The zero-order chi connectivity index (χ0) is 16.5. The Morgan fingerprint density at radius 2 is 1.86 bits per heavy atom. The summed E-state index contributed by atoms with van der Waals surface area (Å²) in [4.78, 5) is 28.9. The van der Waals surface area contributed by atoms with Crippen LogP contribution in [0.4, 0.5) is 0 Å². The average Bonchev–Trinajstić information content (AvgIpc) is 2.51. The Balaban J connectivity index is 2.73. The number of nitriles is 1. The highest BCUT2D eigenvalue weighted by atomic mass is 16.2. The van der Waals surface area contributed by atoms with Crippen LogP contribution in [0, 0.1) is 11.3 Å². The van der Waals surface area contributed by atoms with E-state index in [2.05, 4.69) is 4.90 Å². The third kappa shape index (κ3) is 5.11. The molecule has 122 valence electrons. The minimum absolute atomic E-state index is 0.0454. The number of hydrogen-bond acceptors (Lipinski definition) is 6. The van der Waals surface area contributed by atoms with Crippen LogP contribution in [0.5, 0.6) is 0 Å². The van der Waals surface area contributed by atoms with Gasteiger partial charge in [0.1, 0.15) is 11.6 Å². The van der Waals surface area contributed by atoms with Gasteiger partial charge in [-0.15, -0.1) is 0 Å². The monoisotopic (exact) mass is 308 g/mol. The van der Waals surface area contributed by atoms with Crippen molar-refractivity contribution in [2.75, 3.05) is 52.4 Å². The fourth-order valence-corrected chi connectivity index (χ4v) is 2.27. The molecule has 0 radical (unpaired) electrons. The Morgan fingerprint density at radius 3 is 2.32 bits per heavy atom. The summed E-state index contributed by atoms with van der Waals surface area (Å²) in [5, 5.41) is 9.20. The van der Waals surface area contributed by atoms with Gasteiger partial charge in [0.05, 0.1) is 0 Å². The predicted molar refractivity (Wildman–Crippen MR) is 82.2 cm³/mol. The quantitative estimate of drug-likeness (QED) is 0.446. The van der Waals surface area contributed by atoms with E-state index in [1.165, 1.54) is 18.0 Å². The zero-order valence-corrected chi connectivity index (χ0v) is 13.0. The fourth-order valence-electron chi connectivity index (χ4n) is 2.27. The molecule has 1 fully saturated rings. The van der Waals surface area contributed by atoms with Gasteiger partial charge in [0.15, 0.2) is 0 Å². The van der Waals surface area contributed by atoms with E-state index in [1.807, 2.05) is 6.07 Å². The third-order valence-electron chi connectivity index (χ3n) is 3.52. The first kappa shape index (κ1) is 18.1. The Bertz CT molecular complexity index is 462. The molecule has 8 nitrogen and oxygen atoms in total. The lowest BCUT2D eigenvalue weighted by Gasteiger charge is -2.34. The second-order valence-corrected chi connectivity index (χ2v) is 5.08. The van der Waals surface area contributed by atoms with Crippen molar-refractivity contribution >= 4 is 11.8 Å². The van der Waals surface area contributed by atoms with Crippen molar-refractivity contribution in [3.63, 3.8) is 0 Å². The van der Waals surface area contributed by atoms with E-state index >= 15 is 0 Å². The van der Waals surface area contributed by atoms with Crippen molar-refractivity contribution in [2.24, 2.45) is 11.5 Å². The number of hydrogen-bond donors (Lipinski definition) is 2. The molecular formula is C14H24N6O2.